The fraction of sp³-hybridized carbons (Fsp3) is 0. The normalized spacial score (nSPS) is 11.9. The molecule has 0 aliphatic rings. The van der Waals surface area contributed by atoms with Crippen molar-refractivity contribution in [3.63, 3.8) is 0 Å². The highest BCUT2D eigenvalue weighted by Crippen LogP contribution is 2.45. The van der Waals surface area contributed by atoms with E-state index in [9.17, 15) is 0 Å². The van der Waals surface area contributed by atoms with Crippen LogP contribution in [0.1, 0.15) is 0 Å². The Hall–Kier alpha value is -5.40. The molecule has 1 aromatic heterocycles. The van der Waals surface area contributed by atoms with E-state index in [0.29, 0.717) is 0 Å². The van der Waals surface area contributed by atoms with Crippen LogP contribution < -0.4 is 0 Å². The molecule has 1 heterocycles. The van der Waals surface area contributed by atoms with E-state index >= 15 is 0 Å². The average molecular weight is 521 g/mol. The molecule has 0 saturated heterocycles. The standard InChI is InChI=1S/C40H24O/c1-2-11-27-23-28(18-17-25(27)9-1)38-31-13-5-7-15-33(31)39(34-16-8-6-14-32(34)38)29-19-21-35-37(24-29)41-36-22-20-26-10-3-4-12-30(26)40(35)36/h1-24H. The Morgan fingerprint density at radius 2 is 0.829 bits per heavy atom. The van der Waals surface area contributed by atoms with Crippen LogP contribution in [0.4, 0.5) is 0 Å². The molecule has 41 heavy (non-hydrogen) atoms. The van der Waals surface area contributed by atoms with E-state index in [1.807, 2.05) is 0 Å². The zero-order chi connectivity index (χ0) is 26.9. The van der Waals surface area contributed by atoms with E-state index in [-0.39, 0.29) is 0 Å². The summed E-state index contributed by atoms with van der Waals surface area (Å²) in [6, 6.07) is 52.6. The zero-order valence-corrected chi connectivity index (χ0v) is 22.3. The average Bonchev–Trinajstić information content (AvgIpc) is 3.42. The van der Waals surface area contributed by atoms with Crippen LogP contribution in [-0.2, 0) is 0 Å². The summed E-state index contributed by atoms with van der Waals surface area (Å²) >= 11 is 0. The Morgan fingerprint density at radius 3 is 1.51 bits per heavy atom. The molecule has 9 aromatic rings. The maximum absolute atomic E-state index is 6.48. The van der Waals surface area contributed by atoms with Gasteiger partial charge < -0.3 is 4.42 Å². The molecule has 0 aliphatic carbocycles. The van der Waals surface area contributed by atoms with Crippen LogP contribution in [-0.4, -0.2) is 0 Å². The molecule has 0 radical (unpaired) electrons. The first-order chi connectivity index (χ1) is 20.3. The molecule has 1 nitrogen and oxygen atoms in total. The van der Waals surface area contributed by atoms with Crippen molar-refractivity contribution >= 4 is 65.0 Å². The predicted molar refractivity (Wildman–Crippen MR) is 175 cm³/mol. The van der Waals surface area contributed by atoms with Gasteiger partial charge in [0.2, 0.25) is 0 Å². The second-order valence-electron chi connectivity index (χ2n) is 10.9. The lowest BCUT2D eigenvalue weighted by Crippen LogP contribution is -1.91. The molecule has 9 rings (SSSR count). The van der Waals surface area contributed by atoms with Gasteiger partial charge in [-0.15, -0.1) is 0 Å². The molecule has 0 atom stereocenters. The monoisotopic (exact) mass is 520 g/mol. The largest absolute Gasteiger partial charge is 0.456 e. The highest BCUT2D eigenvalue weighted by molar-refractivity contribution is 6.23. The second-order valence-corrected chi connectivity index (χ2v) is 10.9. The van der Waals surface area contributed by atoms with Crippen molar-refractivity contribution < 1.29 is 4.42 Å². The third kappa shape index (κ3) is 3.30. The summed E-state index contributed by atoms with van der Waals surface area (Å²) in [5.41, 5.74) is 6.77. The molecule has 0 amide bonds. The molecular weight excluding hydrogens is 496 g/mol. The van der Waals surface area contributed by atoms with Crippen LogP contribution in [0.2, 0.25) is 0 Å². The van der Waals surface area contributed by atoms with Crippen LogP contribution in [0, 0.1) is 0 Å². The number of hydrogen-bond acceptors (Lipinski definition) is 1. The van der Waals surface area contributed by atoms with E-state index in [1.54, 1.807) is 0 Å². The molecule has 1 heteroatoms. The number of rotatable bonds is 2. The van der Waals surface area contributed by atoms with E-state index in [0.717, 1.165) is 16.6 Å². The molecule has 8 aromatic carbocycles. The maximum Gasteiger partial charge on any atom is 0.136 e. The lowest BCUT2D eigenvalue weighted by molar-refractivity contribution is 0.669. The number of fused-ring (bicyclic) bond motifs is 8. The van der Waals surface area contributed by atoms with E-state index in [1.165, 1.54) is 70.7 Å². The Labute approximate surface area is 236 Å². The lowest BCUT2D eigenvalue weighted by atomic mass is 9.85. The van der Waals surface area contributed by atoms with Crippen molar-refractivity contribution in [2.24, 2.45) is 0 Å². The summed E-state index contributed by atoms with van der Waals surface area (Å²) in [6.07, 6.45) is 0. The van der Waals surface area contributed by atoms with Crippen molar-refractivity contribution in [2.75, 3.05) is 0 Å². The summed E-state index contributed by atoms with van der Waals surface area (Å²) in [6.45, 7) is 0. The molecule has 0 N–H and O–H groups in total. The summed E-state index contributed by atoms with van der Waals surface area (Å²) in [7, 11) is 0. The van der Waals surface area contributed by atoms with Gasteiger partial charge in [-0.3, -0.25) is 0 Å². The van der Waals surface area contributed by atoms with Crippen molar-refractivity contribution in [3.05, 3.63) is 146 Å². The minimum atomic E-state index is 0.917. The first-order valence-electron chi connectivity index (χ1n) is 14.1. The van der Waals surface area contributed by atoms with Crippen molar-refractivity contribution in [1.29, 1.82) is 0 Å². The van der Waals surface area contributed by atoms with Gasteiger partial charge in [0.25, 0.3) is 0 Å². The minimum absolute atomic E-state index is 0.917. The summed E-state index contributed by atoms with van der Waals surface area (Å²) in [5.74, 6) is 0. The molecule has 0 unspecified atom stereocenters. The quantitative estimate of drug-likeness (QED) is 0.207. The van der Waals surface area contributed by atoms with Gasteiger partial charge in [-0.25, -0.2) is 0 Å². The van der Waals surface area contributed by atoms with Crippen molar-refractivity contribution in [3.8, 4) is 22.3 Å². The van der Waals surface area contributed by atoms with Gasteiger partial charge in [0.05, 0.1) is 0 Å². The van der Waals surface area contributed by atoms with Gasteiger partial charge in [-0.2, -0.15) is 0 Å². The predicted octanol–water partition coefficient (Wildman–Crippen LogP) is 11.5. The molecular formula is C40H24O. The maximum atomic E-state index is 6.48. The third-order valence-corrected chi connectivity index (χ3v) is 8.62. The van der Waals surface area contributed by atoms with Crippen molar-refractivity contribution in [2.45, 2.75) is 0 Å². The highest BCUT2D eigenvalue weighted by Gasteiger charge is 2.18. The van der Waals surface area contributed by atoms with Gasteiger partial charge in [0.1, 0.15) is 11.2 Å². The molecule has 190 valence electrons. The number of furan rings is 1. The topological polar surface area (TPSA) is 13.1 Å². The first kappa shape index (κ1) is 22.4. The fourth-order valence-electron chi connectivity index (χ4n) is 6.80. The van der Waals surface area contributed by atoms with Crippen LogP contribution in [0.3, 0.4) is 0 Å². The van der Waals surface area contributed by atoms with E-state index < -0.39 is 0 Å². The van der Waals surface area contributed by atoms with Crippen LogP contribution in [0.5, 0.6) is 0 Å². The number of hydrogen-bond donors (Lipinski definition) is 0. The van der Waals surface area contributed by atoms with Gasteiger partial charge in [0.15, 0.2) is 0 Å². The van der Waals surface area contributed by atoms with Crippen molar-refractivity contribution in [1.82, 2.24) is 0 Å². The summed E-state index contributed by atoms with van der Waals surface area (Å²) in [5, 5.41) is 12.3. The molecule has 0 aliphatic heterocycles. The third-order valence-electron chi connectivity index (χ3n) is 8.62. The first-order valence-corrected chi connectivity index (χ1v) is 14.1. The summed E-state index contributed by atoms with van der Waals surface area (Å²) < 4.78 is 6.48. The Bertz CT molecular complexity index is 2420. The molecule has 0 saturated carbocycles. The van der Waals surface area contributed by atoms with Crippen LogP contribution >= 0.6 is 0 Å². The number of benzene rings is 8. The van der Waals surface area contributed by atoms with E-state index in [4.69, 9.17) is 4.42 Å². The lowest BCUT2D eigenvalue weighted by Gasteiger charge is -2.18. The molecule has 0 spiro atoms. The van der Waals surface area contributed by atoms with Gasteiger partial charge in [-0.1, -0.05) is 121 Å². The van der Waals surface area contributed by atoms with Gasteiger partial charge >= 0.3 is 0 Å². The Balaban J connectivity index is 1.35. The Kier molecular flexibility index (Phi) is 4.67. The van der Waals surface area contributed by atoms with Gasteiger partial charge in [0, 0.05) is 10.8 Å². The SMILES string of the molecule is c1ccc2cc(-c3c4ccccc4c(-c4ccc5c(c4)oc4ccc6ccccc6c45)c4ccccc34)ccc2c1. The smallest absolute Gasteiger partial charge is 0.136 e. The fourth-order valence-corrected chi connectivity index (χ4v) is 6.80. The Morgan fingerprint density at radius 1 is 0.317 bits per heavy atom. The van der Waals surface area contributed by atoms with Gasteiger partial charge in [-0.05, 0) is 89.6 Å². The van der Waals surface area contributed by atoms with Crippen LogP contribution in [0.15, 0.2) is 150 Å². The zero-order valence-electron chi connectivity index (χ0n) is 22.3. The van der Waals surface area contributed by atoms with E-state index in [2.05, 4.69) is 146 Å². The second kappa shape index (κ2) is 8.55. The molecule has 0 fully saturated rings. The van der Waals surface area contributed by atoms with Crippen LogP contribution in [0.25, 0.3) is 87.3 Å². The highest BCUT2D eigenvalue weighted by atomic mass is 16.3. The minimum Gasteiger partial charge on any atom is -0.456 e. The summed E-state index contributed by atoms with van der Waals surface area (Å²) in [4.78, 5) is 0. The molecule has 0 bridgehead atoms.